The third kappa shape index (κ3) is 8.04. The molecular weight excluding hydrogens is 652 g/mol. The Morgan fingerprint density at radius 2 is 1.28 bits per heavy atom. The van der Waals surface area contributed by atoms with E-state index in [1.54, 1.807) is 49.6 Å². The van der Waals surface area contributed by atoms with Crippen LogP contribution in [0.15, 0.2) is 93.2 Å². The van der Waals surface area contributed by atoms with Gasteiger partial charge in [0.2, 0.25) is 5.91 Å². The molecule has 0 unspecified atom stereocenters. The number of alkyl halides is 3. The molecule has 0 bridgehead atoms. The van der Waals surface area contributed by atoms with E-state index in [2.05, 4.69) is 30.2 Å². The number of carbonyl (C=O) groups is 1. The summed E-state index contributed by atoms with van der Waals surface area (Å²) in [6.45, 7) is 0. The van der Waals surface area contributed by atoms with Crippen molar-refractivity contribution in [3.05, 3.63) is 84.4 Å². The van der Waals surface area contributed by atoms with Crippen LogP contribution in [0.4, 0.5) is 13.2 Å². The van der Waals surface area contributed by atoms with E-state index in [0.29, 0.717) is 44.5 Å². The number of carbonyl (C=O) groups excluding carboxylic acids is 1. The van der Waals surface area contributed by atoms with Gasteiger partial charge >= 0.3 is 6.18 Å². The molecule has 1 amide bonds. The molecule has 0 atom stereocenters. The Labute approximate surface area is 274 Å². The summed E-state index contributed by atoms with van der Waals surface area (Å²) in [7, 11) is 3.46. The number of hydrogen-bond donors (Lipinski definition) is 2. The van der Waals surface area contributed by atoms with E-state index >= 15 is 0 Å². The van der Waals surface area contributed by atoms with Gasteiger partial charge in [0.05, 0.1) is 57.4 Å². The lowest BCUT2D eigenvalue weighted by atomic mass is 10.1. The second-order valence-corrected chi connectivity index (χ2v) is 12.2. The standard InChI is InChI=1S/C17H16N4O2S.C15H10F3N3OS/c1-21(2)15(22)10-24-14-8-12(9-19-23)20-17-13(14)6-5-11-4-3-7-18-16(11)17;16-15(17,18)8-23-12-6-10(7-20-22)21-14-11(12)4-3-9-2-1-5-19-13(9)14/h3-9,23H,10H2,1-2H3;1-7,22H,8H2/b19-9-;20-7+. The van der Waals surface area contributed by atoms with Crippen LogP contribution in [0.2, 0.25) is 0 Å². The number of fused-ring (bicyclic) bond motifs is 6. The molecule has 0 spiro atoms. The Balaban J connectivity index is 0.000000185. The fourth-order valence-corrected chi connectivity index (χ4v) is 6.45. The minimum absolute atomic E-state index is 0.0289. The highest BCUT2D eigenvalue weighted by Gasteiger charge is 2.28. The van der Waals surface area contributed by atoms with E-state index in [4.69, 9.17) is 10.4 Å². The molecule has 0 radical (unpaired) electrons. The molecule has 15 heteroatoms. The van der Waals surface area contributed by atoms with Gasteiger partial charge in [-0.1, -0.05) is 46.7 Å². The van der Waals surface area contributed by atoms with E-state index in [-0.39, 0.29) is 11.6 Å². The predicted octanol–water partition coefficient (Wildman–Crippen LogP) is 7.02. The van der Waals surface area contributed by atoms with Gasteiger partial charge in [0.25, 0.3) is 0 Å². The molecular formula is C32H26F3N7O3S2. The van der Waals surface area contributed by atoms with E-state index in [9.17, 15) is 18.0 Å². The van der Waals surface area contributed by atoms with Crippen LogP contribution in [0.1, 0.15) is 11.4 Å². The average Bonchev–Trinajstić information content (AvgIpc) is 3.06. The molecule has 6 aromatic rings. The van der Waals surface area contributed by atoms with Crippen molar-refractivity contribution in [3.63, 3.8) is 0 Å². The number of amides is 1. The summed E-state index contributed by atoms with van der Waals surface area (Å²) in [5, 5.41) is 26.8. The topological polar surface area (TPSA) is 137 Å². The molecule has 0 saturated carbocycles. The number of aromatic nitrogens is 4. The largest absolute Gasteiger partial charge is 0.411 e. The van der Waals surface area contributed by atoms with Crippen molar-refractivity contribution in [2.75, 3.05) is 25.6 Å². The van der Waals surface area contributed by atoms with Gasteiger partial charge in [0.1, 0.15) is 0 Å². The second kappa shape index (κ2) is 14.6. The molecule has 240 valence electrons. The highest BCUT2D eigenvalue weighted by Crippen LogP contribution is 2.35. The highest BCUT2D eigenvalue weighted by molar-refractivity contribution is 8.00. The maximum absolute atomic E-state index is 12.5. The Morgan fingerprint density at radius 3 is 1.72 bits per heavy atom. The van der Waals surface area contributed by atoms with Crippen molar-refractivity contribution in [2.24, 2.45) is 10.3 Å². The maximum atomic E-state index is 12.5. The summed E-state index contributed by atoms with van der Waals surface area (Å²) in [6.07, 6.45) is 1.40. The summed E-state index contributed by atoms with van der Waals surface area (Å²) in [6, 6.07) is 18.2. The van der Waals surface area contributed by atoms with Crippen LogP contribution in [0.5, 0.6) is 0 Å². The van der Waals surface area contributed by atoms with Gasteiger partial charge in [0, 0.05) is 57.8 Å². The maximum Gasteiger partial charge on any atom is 0.398 e. The monoisotopic (exact) mass is 677 g/mol. The SMILES string of the molecule is CN(C)C(=O)CSc1cc(/C=N\O)nc2c1ccc1cccnc12.O/N=C/c1cc(SCC(F)(F)F)c2ccc3cccnc3c2n1. The van der Waals surface area contributed by atoms with Crippen molar-refractivity contribution in [2.45, 2.75) is 16.0 Å². The zero-order valence-electron chi connectivity index (χ0n) is 24.9. The summed E-state index contributed by atoms with van der Waals surface area (Å²) < 4.78 is 37.6. The fourth-order valence-electron chi connectivity index (χ4n) is 4.55. The number of pyridine rings is 4. The number of hydrogen-bond acceptors (Lipinski definition) is 11. The molecule has 0 fully saturated rings. The second-order valence-electron chi connectivity index (χ2n) is 10.1. The molecule has 6 rings (SSSR count). The number of oxime groups is 2. The summed E-state index contributed by atoms with van der Waals surface area (Å²) in [4.78, 5) is 32.3. The Bertz CT molecular complexity index is 2140. The van der Waals surface area contributed by atoms with Gasteiger partial charge in [-0.3, -0.25) is 14.8 Å². The minimum atomic E-state index is -4.28. The van der Waals surface area contributed by atoms with Crippen molar-refractivity contribution in [3.8, 4) is 0 Å². The zero-order chi connectivity index (χ0) is 33.6. The van der Waals surface area contributed by atoms with Crippen molar-refractivity contribution in [1.29, 1.82) is 0 Å². The Kier molecular flexibility index (Phi) is 10.4. The van der Waals surface area contributed by atoms with Crippen LogP contribution in [-0.4, -0.2) is 85.4 Å². The first-order chi connectivity index (χ1) is 22.6. The van der Waals surface area contributed by atoms with Gasteiger partial charge in [-0.05, 0) is 24.3 Å². The molecule has 2 aromatic carbocycles. The van der Waals surface area contributed by atoms with E-state index < -0.39 is 11.9 Å². The minimum Gasteiger partial charge on any atom is -0.411 e. The molecule has 0 saturated heterocycles. The Hall–Kier alpha value is -5.02. The summed E-state index contributed by atoms with van der Waals surface area (Å²) >= 11 is 2.10. The lowest BCUT2D eigenvalue weighted by Crippen LogP contribution is -2.23. The molecule has 0 aliphatic carbocycles. The predicted molar refractivity (Wildman–Crippen MR) is 179 cm³/mol. The van der Waals surface area contributed by atoms with Gasteiger partial charge < -0.3 is 15.3 Å². The number of halogens is 3. The fraction of sp³-hybridized carbons (Fsp3) is 0.156. The first kappa shape index (κ1) is 33.3. The first-order valence-electron chi connectivity index (χ1n) is 13.8. The van der Waals surface area contributed by atoms with Crippen LogP contribution in [0.25, 0.3) is 43.6 Å². The molecule has 47 heavy (non-hydrogen) atoms. The molecule has 10 nitrogen and oxygen atoms in total. The lowest BCUT2D eigenvalue weighted by Gasteiger charge is -2.12. The number of nitrogens with zero attached hydrogens (tertiary/aromatic N) is 7. The smallest absolute Gasteiger partial charge is 0.398 e. The van der Waals surface area contributed by atoms with Crippen molar-refractivity contribution >= 4 is 85.5 Å². The van der Waals surface area contributed by atoms with Crippen LogP contribution < -0.4 is 0 Å². The number of rotatable bonds is 7. The number of benzene rings is 2. The molecule has 0 aliphatic heterocycles. The van der Waals surface area contributed by atoms with Crippen molar-refractivity contribution in [1.82, 2.24) is 24.8 Å². The van der Waals surface area contributed by atoms with Crippen molar-refractivity contribution < 1.29 is 28.4 Å². The van der Waals surface area contributed by atoms with Crippen LogP contribution >= 0.6 is 23.5 Å². The molecule has 4 aromatic heterocycles. The van der Waals surface area contributed by atoms with E-state index in [1.165, 1.54) is 24.0 Å². The Morgan fingerprint density at radius 1 is 0.787 bits per heavy atom. The van der Waals surface area contributed by atoms with Gasteiger partial charge in [-0.15, -0.1) is 23.5 Å². The third-order valence-electron chi connectivity index (χ3n) is 6.69. The normalized spacial score (nSPS) is 11.9. The van der Waals surface area contributed by atoms with Gasteiger partial charge in [0.15, 0.2) is 0 Å². The van der Waals surface area contributed by atoms with Gasteiger partial charge in [-0.2, -0.15) is 13.2 Å². The molecule has 0 aliphatic rings. The molecule has 2 N–H and O–H groups in total. The van der Waals surface area contributed by atoms with Gasteiger partial charge in [-0.25, -0.2) is 9.97 Å². The zero-order valence-corrected chi connectivity index (χ0v) is 26.5. The third-order valence-corrected chi connectivity index (χ3v) is 8.85. The molecule has 4 heterocycles. The summed E-state index contributed by atoms with van der Waals surface area (Å²) in [5.41, 5.74) is 3.36. The average molecular weight is 678 g/mol. The highest BCUT2D eigenvalue weighted by atomic mass is 32.2. The summed E-state index contributed by atoms with van der Waals surface area (Å²) in [5.74, 6) is -0.661. The van der Waals surface area contributed by atoms with Crippen LogP contribution in [0.3, 0.4) is 0 Å². The van der Waals surface area contributed by atoms with Crippen LogP contribution in [0, 0.1) is 0 Å². The van der Waals surface area contributed by atoms with E-state index in [0.717, 1.165) is 38.3 Å². The first-order valence-corrected chi connectivity index (χ1v) is 15.8. The van der Waals surface area contributed by atoms with E-state index in [1.807, 2.05) is 36.4 Å². The van der Waals surface area contributed by atoms with Crippen LogP contribution in [-0.2, 0) is 4.79 Å². The lowest BCUT2D eigenvalue weighted by molar-refractivity contribution is -0.125. The number of thioether (sulfide) groups is 2. The quantitative estimate of drug-likeness (QED) is 0.0601.